The third-order valence-electron chi connectivity index (χ3n) is 16.0. The summed E-state index contributed by atoms with van der Waals surface area (Å²) in [4.78, 5) is 13.2. The van der Waals surface area contributed by atoms with Crippen LogP contribution < -0.4 is 5.32 Å². The Morgan fingerprint density at radius 3 is 1.15 bits per heavy atom. The Morgan fingerprint density at radius 2 is 0.821 bits per heavy atom. The van der Waals surface area contributed by atoms with E-state index in [1.54, 1.807) is 6.08 Å². The van der Waals surface area contributed by atoms with Gasteiger partial charge in [-0.15, -0.1) is 0 Å². The van der Waals surface area contributed by atoms with Crippen molar-refractivity contribution in [1.29, 1.82) is 0 Å². The molecule has 7 atom stereocenters. The Kier molecular flexibility index (Phi) is 52.4. The van der Waals surface area contributed by atoms with E-state index in [1.807, 2.05) is 6.08 Å². The number of aliphatic hydroxyl groups is 4. The highest BCUT2D eigenvalue weighted by atomic mass is 32.3. The maximum atomic E-state index is 13.2. The molecule has 7 unspecified atom stereocenters. The number of allylic oxidation sites excluding steroid dienone is 3. The lowest BCUT2D eigenvalue weighted by Gasteiger charge is -2.41. The Bertz CT molecular complexity index is 1470. The molecule has 0 radical (unpaired) electrons. The van der Waals surface area contributed by atoms with E-state index in [2.05, 4.69) is 35.5 Å². The molecule has 78 heavy (non-hydrogen) atoms. The van der Waals surface area contributed by atoms with E-state index in [0.29, 0.717) is 6.42 Å². The van der Waals surface area contributed by atoms with Crippen LogP contribution in [0.1, 0.15) is 328 Å². The van der Waals surface area contributed by atoms with Crippen molar-refractivity contribution < 1.29 is 51.8 Å². The van der Waals surface area contributed by atoms with E-state index in [4.69, 9.17) is 9.47 Å². The molecule has 1 aliphatic heterocycles. The average Bonchev–Trinajstić information content (AvgIpc) is 3.44. The highest BCUT2D eigenvalue weighted by Gasteiger charge is 2.48. The third-order valence-corrected chi connectivity index (χ3v) is 16.4. The summed E-state index contributed by atoms with van der Waals surface area (Å²) >= 11 is 0. The molecule has 0 bridgehead atoms. The summed E-state index contributed by atoms with van der Waals surface area (Å²) in [6, 6.07) is -0.942. The Morgan fingerprint density at radius 1 is 0.500 bits per heavy atom. The molecule has 0 aliphatic carbocycles. The number of unbranched alkanes of at least 4 members (excludes halogenated alkanes) is 45. The van der Waals surface area contributed by atoms with Gasteiger partial charge < -0.3 is 35.2 Å². The van der Waals surface area contributed by atoms with E-state index in [9.17, 15) is 38.2 Å². The molecule has 1 heterocycles. The first kappa shape index (κ1) is 74.6. The van der Waals surface area contributed by atoms with Crippen LogP contribution in [0.4, 0.5) is 0 Å². The summed E-state index contributed by atoms with van der Waals surface area (Å²) in [5.41, 5.74) is 0. The zero-order valence-corrected chi connectivity index (χ0v) is 51.3. The molecule has 0 saturated carbocycles. The summed E-state index contributed by atoms with van der Waals surface area (Å²) in [6.45, 7) is 3.44. The molecule has 1 amide bonds. The van der Waals surface area contributed by atoms with Crippen LogP contribution in [0, 0.1) is 0 Å². The van der Waals surface area contributed by atoms with Gasteiger partial charge in [0, 0.05) is 6.42 Å². The van der Waals surface area contributed by atoms with Gasteiger partial charge in [0.1, 0.15) is 24.4 Å². The van der Waals surface area contributed by atoms with Gasteiger partial charge in [0.25, 0.3) is 0 Å². The van der Waals surface area contributed by atoms with E-state index in [1.165, 1.54) is 263 Å². The Balaban J connectivity index is 2.20. The van der Waals surface area contributed by atoms with E-state index in [0.717, 1.165) is 38.5 Å². The number of ether oxygens (including phenoxy) is 2. The normalized spacial score (nSPS) is 18.9. The lowest BCUT2D eigenvalue weighted by molar-refractivity contribution is -0.298. The van der Waals surface area contributed by atoms with Gasteiger partial charge in [-0.05, 0) is 44.9 Å². The van der Waals surface area contributed by atoms with Crippen LogP contribution in [0.25, 0.3) is 0 Å². The second kappa shape index (κ2) is 54.8. The van der Waals surface area contributed by atoms with Gasteiger partial charge in [0.2, 0.25) is 5.91 Å². The minimum Gasteiger partial charge on any atom is -0.394 e. The SMILES string of the molecule is CCCCCCCCCCCCCCCC/C=C\CCCCCCCCCCCCCCCCCCCC(=O)NC(COC1OC(CO)C(O)C(OS(=O)(=O)O)C1O)C(O)/C=C/CCCCCCCCCCCCCCCC. The van der Waals surface area contributed by atoms with Gasteiger partial charge in [0.15, 0.2) is 6.29 Å². The summed E-state index contributed by atoms with van der Waals surface area (Å²) < 4.78 is 47.9. The highest BCUT2D eigenvalue weighted by molar-refractivity contribution is 7.80. The largest absolute Gasteiger partial charge is 0.397 e. The van der Waals surface area contributed by atoms with Crippen molar-refractivity contribution in [3.63, 3.8) is 0 Å². The van der Waals surface area contributed by atoms with Crippen molar-refractivity contribution in [3.8, 4) is 0 Å². The highest BCUT2D eigenvalue weighted by Crippen LogP contribution is 2.26. The van der Waals surface area contributed by atoms with Gasteiger partial charge in [-0.2, -0.15) is 8.42 Å². The number of carbonyl (C=O) groups excluding carboxylic acids is 1. The quantitative estimate of drug-likeness (QED) is 0.0193. The third kappa shape index (κ3) is 46.1. The van der Waals surface area contributed by atoms with E-state index >= 15 is 0 Å². The van der Waals surface area contributed by atoms with E-state index < -0.39 is 59.9 Å². The number of carbonyl (C=O) groups is 1. The zero-order chi connectivity index (χ0) is 56.8. The van der Waals surface area contributed by atoms with Gasteiger partial charge >= 0.3 is 10.4 Å². The number of aliphatic hydroxyl groups excluding tert-OH is 4. The molecule has 1 saturated heterocycles. The molecular formula is C65H125NO11S. The molecule has 0 aromatic carbocycles. The maximum Gasteiger partial charge on any atom is 0.397 e. The fourth-order valence-corrected chi connectivity index (χ4v) is 11.4. The standard InChI is InChI=1S/C65H125NO11S/c1-3-5-7-9-11-13-15-17-19-21-22-23-24-25-26-27-28-29-30-31-32-33-34-35-36-37-38-39-41-43-45-47-49-51-53-55-61(69)66-58(57-75-65-63(71)64(77-78(72,73)74)62(70)60(56-67)76-65)59(68)54-52-50-48-46-44-42-40-20-18-16-14-12-10-8-6-4-2/h27-28,52,54,58-60,62-65,67-68,70-71H,3-26,29-51,53,55-57H2,1-2H3,(H,66,69)(H,72,73,74)/b28-27-,54-52+. The first-order valence-electron chi connectivity index (χ1n) is 33.2. The maximum absolute atomic E-state index is 13.2. The number of hydrogen-bond acceptors (Lipinski definition) is 10. The van der Waals surface area contributed by atoms with Crippen molar-refractivity contribution in [2.24, 2.45) is 0 Å². The number of amides is 1. The molecule has 462 valence electrons. The van der Waals surface area contributed by atoms with Crippen LogP contribution in [0.15, 0.2) is 24.3 Å². The predicted molar refractivity (Wildman–Crippen MR) is 324 cm³/mol. The molecule has 12 nitrogen and oxygen atoms in total. The molecule has 13 heteroatoms. The van der Waals surface area contributed by atoms with Crippen LogP contribution in [-0.4, -0.2) is 95.4 Å². The van der Waals surface area contributed by atoms with Crippen molar-refractivity contribution in [3.05, 3.63) is 24.3 Å². The first-order chi connectivity index (χ1) is 38.0. The lowest BCUT2D eigenvalue weighted by Crippen LogP contribution is -2.61. The topological polar surface area (TPSA) is 192 Å². The lowest BCUT2D eigenvalue weighted by atomic mass is 9.99. The van der Waals surface area contributed by atoms with Gasteiger partial charge in [-0.25, -0.2) is 4.18 Å². The fraction of sp³-hybridized carbons (Fsp3) is 0.923. The zero-order valence-electron chi connectivity index (χ0n) is 50.5. The average molecular weight is 1130 g/mol. The van der Waals surface area contributed by atoms with Gasteiger partial charge in [-0.1, -0.05) is 301 Å². The molecule has 1 aliphatic rings. The van der Waals surface area contributed by atoms with Crippen molar-refractivity contribution in [2.75, 3.05) is 13.2 Å². The van der Waals surface area contributed by atoms with Crippen molar-refractivity contribution >= 4 is 16.3 Å². The summed E-state index contributed by atoms with van der Waals surface area (Å²) in [6.07, 6.45) is 61.2. The van der Waals surface area contributed by atoms with Crippen LogP contribution in [0.3, 0.4) is 0 Å². The summed E-state index contributed by atoms with van der Waals surface area (Å²) in [5.74, 6) is -0.256. The number of hydrogen-bond donors (Lipinski definition) is 6. The van der Waals surface area contributed by atoms with Crippen LogP contribution in [0.2, 0.25) is 0 Å². The van der Waals surface area contributed by atoms with E-state index in [-0.39, 0.29) is 18.9 Å². The fourth-order valence-electron chi connectivity index (χ4n) is 10.9. The molecule has 0 aromatic rings. The minimum atomic E-state index is -5.09. The molecule has 6 N–H and O–H groups in total. The second-order valence-electron chi connectivity index (χ2n) is 23.4. The monoisotopic (exact) mass is 1130 g/mol. The van der Waals surface area contributed by atoms with Gasteiger partial charge in [0.05, 0.1) is 25.4 Å². The predicted octanol–water partition coefficient (Wildman–Crippen LogP) is 16.7. The summed E-state index contributed by atoms with van der Waals surface area (Å²) in [7, 11) is -5.09. The number of rotatable bonds is 59. The molecular weight excluding hydrogens is 1000 g/mol. The van der Waals surface area contributed by atoms with Crippen LogP contribution in [0.5, 0.6) is 0 Å². The Hall–Kier alpha value is -1.42. The molecule has 1 fully saturated rings. The number of nitrogens with one attached hydrogen (secondary N) is 1. The van der Waals surface area contributed by atoms with Crippen LogP contribution in [-0.2, 0) is 28.9 Å². The Labute approximate surface area is 480 Å². The minimum absolute atomic E-state index is 0.256. The summed E-state index contributed by atoms with van der Waals surface area (Å²) in [5, 5.41) is 45.0. The molecule has 0 spiro atoms. The van der Waals surface area contributed by atoms with Crippen LogP contribution >= 0.6 is 0 Å². The second-order valence-corrected chi connectivity index (χ2v) is 24.5. The molecule has 0 aromatic heterocycles. The molecule has 1 rings (SSSR count). The van der Waals surface area contributed by atoms with Crippen molar-refractivity contribution in [2.45, 2.75) is 371 Å². The van der Waals surface area contributed by atoms with Crippen molar-refractivity contribution in [1.82, 2.24) is 5.32 Å². The van der Waals surface area contributed by atoms with Gasteiger partial charge in [-0.3, -0.25) is 9.35 Å². The first-order valence-corrected chi connectivity index (χ1v) is 34.6. The smallest absolute Gasteiger partial charge is 0.394 e.